The lowest BCUT2D eigenvalue weighted by atomic mass is 10.1. The van der Waals surface area contributed by atoms with Gasteiger partial charge in [-0.1, -0.05) is 36.4 Å². The molecule has 0 fully saturated rings. The van der Waals surface area contributed by atoms with Gasteiger partial charge in [-0.15, -0.1) is 11.3 Å². The van der Waals surface area contributed by atoms with E-state index in [1.807, 2.05) is 53.9 Å². The largest absolute Gasteiger partial charge is 0.467 e. The van der Waals surface area contributed by atoms with Crippen molar-refractivity contribution in [3.8, 4) is 0 Å². The van der Waals surface area contributed by atoms with Crippen LogP contribution in [0.25, 0.3) is 10.9 Å². The van der Waals surface area contributed by atoms with Crippen LogP contribution in [0, 0.1) is 0 Å². The smallest absolute Gasteiger partial charge is 0.326 e. The lowest BCUT2D eigenvalue weighted by Gasteiger charge is -2.27. The average Bonchev–Trinajstić information content (AvgIpc) is 3.59. The molecule has 3 heterocycles. The first kappa shape index (κ1) is 23.9. The van der Waals surface area contributed by atoms with Crippen molar-refractivity contribution in [1.82, 2.24) is 19.6 Å². The van der Waals surface area contributed by atoms with Crippen molar-refractivity contribution in [2.45, 2.75) is 24.0 Å². The zero-order chi connectivity index (χ0) is 24.9. The Morgan fingerprint density at radius 3 is 2.61 bits per heavy atom. The first-order chi connectivity index (χ1) is 17.6. The number of nitrogens with one attached hydrogen (secondary N) is 3. The van der Waals surface area contributed by atoms with Crippen LogP contribution in [0.3, 0.4) is 0 Å². The van der Waals surface area contributed by atoms with Gasteiger partial charge in [0.2, 0.25) is 5.91 Å². The summed E-state index contributed by atoms with van der Waals surface area (Å²) in [5.74, 6) is 0.587. The summed E-state index contributed by atoms with van der Waals surface area (Å²) in [6.07, 6.45) is 1.60. The SMILES string of the molecule is O=C([C@H](NSc1ccc2[nH]c(=O)[nH]c(=O)c2c1)c1ccccc1)N(Cc1ccco1)Cc1cccs1. The Hall–Kier alpha value is -3.86. The number of nitrogens with zero attached hydrogens (tertiary/aromatic N) is 1. The van der Waals surface area contributed by atoms with E-state index in [1.165, 1.54) is 11.9 Å². The van der Waals surface area contributed by atoms with Crippen LogP contribution in [-0.2, 0) is 17.9 Å². The highest BCUT2D eigenvalue weighted by Crippen LogP contribution is 2.26. The molecule has 0 radical (unpaired) electrons. The number of hydrogen-bond donors (Lipinski definition) is 3. The van der Waals surface area contributed by atoms with E-state index in [1.54, 1.807) is 46.8 Å². The Labute approximate surface area is 214 Å². The second-order valence-corrected chi connectivity index (χ2v) is 9.98. The highest BCUT2D eigenvalue weighted by molar-refractivity contribution is 7.97. The van der Waals surface area contributed by atoms with Gasteiger partial charge < -0.3 is 14.3 Å². The average molecular weight is 519 g/mol. The molecule has 1 atom stereocenters. The number of carbonyl (C=O) groups is 1. The Balaban J connectivity index is 1.43. The van der Waals surface area contributed by atoms with Gasteiger partial charge in [0.25, 0.3) is 5.56 Å². The molecule has 5 aromatic rings. The molecular formula is C26H22N4O4S2. The standard InChI is InChI=1S/C26H22N4O4S2/c31-24-21-14-19(10-11-22(21)27-26(33)28-24)36-29-23(17-6-2-1-3-7-17)25(32)30(15-18-8-4-12-34-18)16-20-9-5-13-35-20/h1-14,23,29H,15-16H2,(H2,27,28,31,33)/t23-/m1/s1. The molecule has 0 bridgehead atoms. The van der Waals surface area contributed by atoms with Gasteiger partial charge in [0, 0.05) is 9.77 Å². The fourth-order valence-electron chi connectivity index (χ4n) is 3.82. The second kappa shape index (κ2) is 10.8. The fraction of sp³-hybridized carbons (Fsp3) is 0.115. The number of amides is 1. The number of benzene rings is 2. The van der Waals surface area contributed by atoms with Crippen molar-refractivity contribution in [1.29, 1.82) is 0 Å². The Bertz CT molecular complexity index is 1530. The first-order valence-electron chi connectivity index (χ1n) is 11.1. The van der Waals surface area contributed by atoms with E-state index >= 15 is 0 Å². The summed E-state index contributed by atoms with van der Waals surface area (Å²) < 4.78 is 8.84. The maximum Gasteiger partial charge on any atom is 0.326 e. The van der Waals surface area contributed by atoms with E-state index in [0.29, 0.717) is 29.8 Å². The Kier molecular flexibility index (Phi) is 7.17. The molecule has 1 amide bonds. The van der Waals surface area contributed by atoms with Gasteiger partial charge in [0.15, 0.2) is 0 Å². The minimum Gasteiger partial charge on any atom is -0.467 e. The molecule has 0 saturated heterocycles. The van der Waals surface area contributed by atoms with Crippen molar-refractivity contribution in [3.05, 3.63) is 121 Å². The number of aromatic amines is 2. The summed E-state index contributed by atoms with van der Waals surface area (Å²) in [5.41, 5.74) is 0.244. The topological polar surface area (TPSA) is 111 Å². The molecule has 0 aliphatic heterocycles. The molecule has 0 aliphatic rings. The van der Waals surface area contributed by atoms with Crippen LogP contribution in [0.15, 0.2) is 103 Å². The molecule has 5 rings (SSSR count). The third-order valence-corrected chi connectivity index (χ3v) is 7.26. The third-order valence-electron chi connectivity index (χ3n) is 5.55. The molecule has 182 valence electrons. The van der Waals surface area contributed by atoms with Crippen molar-refractivity contribution < 1.29 is 9.21 Å². The van der Waals surface area contributed by atoms with Crippen LogP contribution >= 0.6 is 23.3 Å². The minimum atomic E-state index is -0.657. The number of rotatable bonds is 9. The van der Waals surface area contributed by atoms with Gasteiger partial charge >= 0.3 is 5.69 Å². The number of carbonyl (C=O) groups excluding carboxylic acids is 1. The third kappa shape index (κ3) is 5.51. The summed E-state index contributed by atoms with van der Waals surface area (Å²) in [6, 6.07) is 21.6. The monoisotopic (exact) mass is 518 g/mol. The molecule has 2 aromatic carbocycles. The molecule has 0 saturated carbocycles. The second-order valence-electron chi connectivity index (χ2n) is 8.03. The molecular weight excluding hydrogens is 496 g/mol. The summed E-state index contributed by atoms with van der Waals surface area (Å²) in [6.45, 7) is 0.781. The molecule has 3 N–H and O–H groups in total. The number of thiophene rings is 1. The number of H-pyrrole nitrogens is 2. The number of furan rings is 1. The number of hydrogen-bond acceptors (Lipinski definition) is 7. The highest BCUT2D eigenvalue weighted by Gasteiger charge is 2.27. The predicted molar refractivity (Wildman–Crippen MR) is 141 cm³/mol. The molecule has 0 unspecified atom stereocenters. The highest BCUT2D eigenvalue weighted by atomic mass is 32.2. The van der Waals surface area contributed by atoms with Gasteiger partial charge in [-0.25, -0.2) is 9.52 Å². The molecule has 0 spiro atoms. The molecule has 0 aliphatic carbocycles. The van der Waals surface area contributed by atoms with Gasteiger partial charge in [0.05, 0.1) is 30.3 Å². The maximum atomic E-state index is 13.9. The van der Waals surface area contributed by atoms with Crippen molar-refractivity contribution in [3.63, 3.8) is 0 Å². The van der Waals surface area contributed by atoms with Crippen LogP contribution in [0.2, 0.25) is 0 Å². The maximum absolute atomic E-state index is 13.9. The van der Waals surface area contributed by atoms with E-state index < -0.39 is 17.3 Å². The van der Waals surface area contributed by atoms with Gasteiger partial charge in [-0.3, -0.25) is 14.6 Å². The van der Waals surface area contributed by atoms with E-state index in [9.17, 15) is 14.4 Å². The zero-order valence-electron chi connectivity index (χ0n) is 19.0. The minimum absolute atomic E-state index is 0.110. The number of fused-ring (bicyclic) bond motifs is 1. The zero-order valence-corrected chi connectivity index (χ0v) is 20.6. The quantitative estimate of drug-likeness (QED) is 0.249. The normalized spacial score (nSPS) is 12.0. The fourth-order valence-corrected chi connectivity index (χ4v) is 5.34. The van der Waals surface area contributed by atoms with Crippen LogP contribution in [0.1, 0.15) is 22.2 Å². The predicted octanol–water partition coefficient (Wildman–Crippen LogP) is 4.44. The van der Waals surface area contributed by atoms with Crippen molar-refractivity contribution in [2.75, 3.05) is 0 Å². The summed E-state index contributed by atoms with van der Waals surface area (Å²) >= 11 is 2.84. The van der Waals surface area contributed by atoms with Crippen LogP contribution in [-0.4, -0.2) is 20.8 Å². The van der Waals surface area contributed by atoms with Gasteiger partial charge in [0.1, 0.15) is 11.8 Å². The van der Waals surface area contributed by atoms with E-state index in [0.717, 1.165) is 15.3 Å². The van der Waals surface area contributed by atoms with Crippen LogP contribution in [0.5, 0.6) is 0 Å². The molecule has 8 nitrogen and oxygen atoms in total. The van der Waals surface area contributed by atoms with Crippen molar-refractivity contribution in [2.24, 2.45) is 0 Å². The van der Waals surface area contributed by atoms with Crippen LogP contribution in [0.4, 0.5) is 0 Å². The molecule has 3 aromatic heterocycles. The molecule has 36 heavy (non-hydrogen) atoms. The van der Waals surface area contributed by atoms with Gasteiger partial charge in [-0.2, -0.15) is 0 Å². The van der Waals surface area contributed by atoms with Crippen LogP contribution < -0.4 is 16.0 Å². The van der Waals surface area contributed by atoms with Gasteiger partial charge in [-0.05, 0) is 59.3 Å². The molecule has 10 heteroatoms. The lowest BCUT2D eigenvalue weighted by molar-refractivity contribution is -0.134. The Morgan fingerprint density at radius 2 is 1.86 bits per heavy atom. The van der Waals surface area contributed by atoms with Crippen molar-refractivity contribution >= 4 is 40.1 Å². The summed E-state index contributed by atoms with van der Waals surface area (Å²) in [4.78, 5) is 46.1. The summed E-state index contributed by atoms with van der Waals surface area (Å²) in [5, 5.41) is 2.35. The first-order valence-corrected chi connectivity index (χ1v) is 12.8. The van der Waals surface area contributed by atoms with E-state index in [2.05, 4.69) is 14.7 Å². The Morgan fingerprint density at radius 1 is 1.00 bits per heavy atom. The lowest BCUT2D eigenvalue weighted by Crippen LogP contribution is -2.38. The van der Waals surface area contributed by atoms with E-state index in [-0.39, 0.29) is 5.91 Å². The van der Waals surface area contributed by atoms with E-state index in [4.69, 9.17) is 4.42 Å². The number of aromatic nitrogens is 2. The summed E-state index contributed by atoms with van der Waals surface area (Å²) in [7, 11) is 0.